The molecule has 120 valence electrons. The molecular formula is C15H15F4NO2. The van der Waals surface area contributed by atoms with E-state index < -0.39 is 29.2 Å². The zero-order chi connectivity index (χ0) is 16.9. The zero-order valence-electron chi connectivity index (χ0n) is 12.5. The molecule has 0 amide bonds. The first-order valence-electron chi connectivity index (χ1n) is 6.53. The lowest BCUT2D eigenvalue weighted by Gasteiger charge is -2.21. The van der Waals surface area contributed by atoms with E-state index in [1.54, 1.807) is 20.8 Å². The largest absolute Gasteiger partial charge is 0.485 e. The van der Waals surface area contributed by atoms with Gasteiger partial charge < -0.3 is 4.74 Å². The molecule has 0 aliphatic rings. The number of rotatable bonds is 1. The molecule has 22 heavy (non-hydrogen) atoms. The summed E-state index contributed by atoms with van der Waals surface area (Å²) in [7, 11) is 0. The summed E-state index contributed by atoms with van der Waals surface area (Å²) in [4.78, 5) is 11.5. The highest BCUT2D eigenvalue weighted by Gasteiger charge is 2.37. The maximum atomic E-state index is 14.4. The van der Waals surface area contributed by atoms with E-state index in [0.29, 0.717) is 10.6 Å². The van der Waals surface area contributed by atoms with Crippen LogP contribution in [-0.2, 0) is 6.18 Å². The molecule has 0 saturated heterocycles. The number of hydrogen-bond donors (Lipinski definition) is 0. The monoisotopic (exact) mass is 317 g/mol. The lowest BCUT2D eigenvalue weighted by molar-refractivity contribution is -0.142. The number of aromatic nitrogens is 1. The highest BCUT2D eigenvalue weighted by molar-refractivity contribution is 5.94. The topological polar surface area (TPSA) is 31.2 Å². The Kier molecular flexibility index (Phi) is 3.71. The van der Waals surface area contributed by atoms with E-state index in [0.717, 1.165) is 6.92 Å². The van der Waals surface area contributed by atoms with Gasteiger partial charge in [-0.2, -0.15) is 13.2 Å². The first kappa shape index (κ1) is 16.3. The number of nitrogens with zero attached hydrogens (tertiary/aromatic N) is 1. The standard InChI is InChI=1S/C15H15F4NO2/c1-8(21)20-10-5-6-11(22-14(2,3)4)13(16)9(10)7-12(20)15(17,18)19/h5-7H,1-4H3. The second-order valence-corrected chi connectivity index (χ2v) is 5.91. The third kappa shape index (κ3) is 2.93. The van der Waals surface area contributed by atoms with Crippen molar-refractivity contribution in [2.24, 2.45) is 0 Å². The Morgan fingerprint density at radius 2 is 1.77 bits per heavy atom. The van der Waals surface area contributed by atoms with Gasteiger partial charge in [-0.1, -0.05) is 0 Å². The quantitative estimate of drug-likeness (QED) is 0.718. The number of carbonyl (C=O) groups excluding carboxylic acids is 1. The van der Waals surface area contributed by atoms with Gasteiger partial charge in [-0.05, 0) is 39.0 Å². The third-order valence-corrected chi connectivity index (χ3v) is 2.91. The van der Waals surface area contributed by atoms with Crippen molar-refractivity contribution in [1.29, 1.82) is 0 Å². The minimum absolute atomic E-state index is 0.140. The third-order valence-electron chi connectivity index (χ3n) is 2.91. The molecule has 2 rings (SSSR count). The molecule has 0 atom stereocenters. The van der Waals surface area contributed by atoms with Gasteiger partial charge in [0.25, 0.3) is 0 Å². The summed E-state index contributed by atoms with van der Waals surface area (Å²) < 4.78 is 59.3. The van der Waals surface area contributed by atoms with Crippen LogP contribution in [-0.4, -0.2) is 16.1 Å². The molecule has 2 aromatic rings. The Morgan fingerprint density at radius 3 is 2.23 bits per heavy atom. The molecular weight excluding hydrogens is 302 g/mol. The van der Waals surface area contributed by atoms with Crippen molar-refractivity contribution in [3.05, 3.63) is 29.7 Å². The summed E-state index contributed by atoms with van der Waals surface area (Å²) in [5.41, 5.74) is -2.05. The fourth-order valence-electron chi connectivity index (χ4n) is 2.18. The second kappa shape index (κ2) is 5.00. The molecule has 0 fully saturated rings. The maximum Gasteiger partial charge on any atom is 0.431 e. The van der Waals surface area contributed by atoms with Gasteiger partial charge in [-0.15, -0.1) is 0 Å². The molecule has 1 aromatic heterocycles. The molecule has 1 heterocycles. The molecule has 0 aliphatic heterocycles. The Morgan fingerprint density at radius 1 is 1.18 bits per heavy atom. The van der Waals surface area contributed by atoms with E-state index in [9.17, 15) is 22.4 Å². The second-order valence-electron chi connectivity index (χ2n) is 5.91. The summed E-state index contributed by atoms with van der Waals surface area (Å²) in [5.74, 6) is -1.92. The van der Waals surface area contributed by atoms with Gasteiger partial charge in [0.1, 0.15) is 11.3 Å². The number of carbonyl (C=O) groups is 1. The van der Waals surface area contributed by atoms with Crippen LogP contribution < -0.4 is 4.74 Å². The molecule has 0 saturated carbocycles. The van der Waals surface area contributed by atoms with Crippen LogP contribution in [0.2, 0.25) is 0 Å². The molecule has 0 aliphatic carbocycles. The fraction of sp³-hybridized carbons (Fsp3) is 0.400. The number of hydrogen-bond acceptors (Lipinski definition) is 2. The average Bonchev–Trinajstić information content (AvgIpc) is 2.71. The number of ether oxygens (including phenoxy) is 1. The Hall–Kier alpha value is -2.05. The highest BCUT2D eigenvalue weighted by atomic mass is 19.4. The summed E-state index contributed by atoms with van der Waals surface area (Å²) in [6.45, 7) is 6.07. The van der Waals surface area contributed by atoms with Crippen molar-refractivity contribution in [3.63, 3.8) is 0 Å². The van der Waals surface area contributed by atoms with Crippen LogP contribution in [0.5, 0.6) is 5.75 Å². The van der Waals surface area contributed by atoms with E-state index in [1.807, 2.05) is 0 Å². The summed E-state index contributed by atoms with van der Waals surface area (Å²) in [6.07, 6.45) is -4.76. The van der Waals surface area contributed by atoms with Crippen LogP contribution in [0.3, 0.4) is 0 Å². The molecule has 7 heteroatoms. The Labute approximate surface area is 124 Å². The zero-order valence-corrected chi connectivity index (χ0v) is 12.5. The molecule has 3 nitrogen and oxygen atoms in total. The lowest BCUT2D eigenvalue weighted by atomic mass is 10.1. The van der Waals surface area contributed by atoms with Crippen LogP contribution in [0.4, 0.5) is 17.6 Å². The minimum atomic E-state index is -4.76. The van der Waals surface area contributed by atoms with Crippen molar-refractivity contribution < 1.29 is 27.1 Å². The predicted octanol–water partition coefficient (Wildman–Crippen LogP) is 4.64. The summed E-state index contributed by atoms with van der Waals surface area (Å²) >= 11 is 0. The van der Waals surface area contributed by atoms with Gasteiger partial charge in [0.15, 0.2) is 11.6 Å². The summed E-state index contributed by atoms with van der Waals surface area (Å²) in [6, 6.07) is 3.10. The van der Waals surface area contributed by atoms with E-state index in [2.05, 4.69) is 0 Å². The van der Waals surface area contributed by atoms with Crippen molar-refractivity contribution in [3.8, 4) is 5.75 Å². The van der Waals surface area contributed by atoms with Gasteiger partial charge in [0.05, 0.1) is 5.52 Å². The van der Waals surface area contributed by atoms with Crippen LogP contribution >= 0.6 is 0 Å². The van der Waals surface area contributed by atoms with E-state index >= 15 is 0 Å². The van der Waals surface area contributed by atoms with Gasteiger partial charge in [-0.3, -0.25) is 9.36 Å². The number of alkyl halides is 3. The maximum absolute atomic E-state index is 14.4. The molecule has 0 bridgehead atoms. The molecule has 0 N–H and O–H groups in total. The molecule has 0 unspecified atom stereocenters. The van der Waals surface area contributed by atoms with Gasteiger partial charge >= 0.3 is 6.18 Å². The van der Waals surface area contributed by atoms with Crippen LogP contribution in [0, 0.1) is 5.82 Å². The number of benzene rings is 1. The highest BCUT2D eigenvalue weighted by Crippen LogP contribution is 2.37. The Bertz CT molecular complexity index is 739. The smallest absolute Gasteiger partial charge is 0.431 e. The predicted molar refractivity (Wildman–Crippen MR) is 73.6 cm³/mol. The average molecular weight is 317 g/mol. The SMILES string of the molecule is CC(=O)n1c(C(F)(F)F)cc2c(F)c(OC(C)(C)C)ccc21. The van der Waals surface area contributed by atoms with Gasteiger partial charge in [0, 0.05) is 12.3 Å². The Balaban J connectivity index is 2.74. The van der Waals surface area contributed by atoms with Crippen molar-refractivity contribution in [2.45, 2.75) is 39.5 Å². The first-order valence-corrected chi connectivity index (χ1v) is 6.53. The first-order chi connectivity index (χ1) is 9.92. The van der Waals surface area contributed by atoms with Crippen LogP contribution in [0.15, 0.2) is 18.2 Å². The van der Waals surface area contributed by atoms with E-state index in [-0.39, 0.29) is 16.7 Å². The number of fused-ring (bicyclic) bond motifs is 1. The molecule has 0 spiro atoms. The van der Waals surface area contributed by atoms with Crippen molar-refractivity contribution in [2.75, 3.05) is 0 Å². The minimum Gasteiger partial charge on any atom is -0.485 e. The number of halogens is 4. The fourth-order valence-corrected chi connectivity index (χ4v) is 2.18. The van der Waals surface area contributed by atoms with E-state index in [1.165, 1.54) is 12.1 Å². The van der Waals surface area contributed by atoms with Crippen molar-refractivity contribution in [1.82, 2.24) is 4.57 Å². The summed E-state index contributed by atoms with van der Waals surface area (Å²) in [5, 5.41) is -0.302. The molecule has 0 radical (unpaired) electrons. The van der Waals surface area contributed by atoms with Crippen LogP contribution in [0.1, 0.15) is 38.2 Å². The normalized spacial score (nSPS) is 12.7. The van der Waals surface area contributed by atoms with Crippen molar-refractivity contribution >= 4 is 16.8 Å². The molecule has 1 aromatic carbocycles. The van der Waals surface area contributed by atoms with E-state index in [4.69, 9.17) is 4.74 Å². The lowest BCUT2D eigenvalue weighted by Crippen LogP contribution is -2.23. The van der Waals surface area contributed by atoms with Gasteiger partial charge in [0.2, 0.25) is 5.91 Å². The van der Waals surface area contributed by atoms with Crippen LogP contribution in [0.25, 0.3) is 10.9 Å². The van der Waals surface area contributed by atoms with Gasteiger partial charge in [-0.25, -0.2) is 4.39 Å².